The molecule has 0 aromatic heterocycles. The Bertz CT molecular complexity index is 568. The molecule has 0 aliphatic carbocycles. The lowest BCUT2D eigenvalue weighted by atomic mass is 10.1. The van der Waals surface area contributed by atoms with Crippen molar-refractivity contribution in [2.45, 2.75) is 39.0 Å². The lowest BCUT2D eigenvalue weighted by Crippen LogP contribution is -2.27. The van der Waals surface area contributed by atoms with Crippen LogP contribution in [0.3, 0.4) is 0 Å². The molecule has 0 aliphatic rings. The summed E-state index contributed by atoms with van der Waals surface area (Å²) in [6, 6.07) is 1.80. The average Bonchev–Trinajstić information content (AvgIpc) is 2.35. The largest absolute Gasteiger partial charge is 0.398 e. The molecule has 1 rings (SSSR count). The van der Waals surface area contributed by atoms with E-state index in [0.29, 0.717) is 43.0 Å². The van der Waals surface area contributed by atoms with Gasteiger partial charge in [0.2, 0.25) is 10.0 Å². The zero-order valence-corrected chi connectivity index (χ0v) is 13.4. The Labute approximate surface area is 121 Å². The van der Waals surface area contributed by atoms with Crippen LogP contribution in [0.25, 0.3) is 0 Å². The summed E-state index contributed by atoms with van der Waals surface area (Å²) in [5.74, 6) is 0. The fourth-order valence-corrected chi connectivity index (χ4v) is 3.75. The van der Waals surface area contributed by atoms with Gasteiger partial charge in [0, 0.05) is 25.4 Å². The van der Waals surface area contributed by atoms with E-state index in [9.17, 15) is 8.42 Å². The number of nitrogen functional groups attached to an aromatic ring is 1. The molecule has 0 bridgehead atoms. The minimum Gasteiger partial charge on any atom is -0.398 e. The van der Waals surface area contributed by atoms with Gasteiger partial charge in [-0.15, -0.1) is 0 Å². The third kappa shape index (κ3) is 3.94. The van der Waals surface area contributed by atoms with E-state index in [1.54, 1.807) is 19.9 Å². The first-order chi connectivity index (χ1) is 9.31. The topological polar surface area (TPSA) is 81.4 Å². The normalized spacial score (nSPS) is 11.8. The van der Waals surface area contributed by atoms with E-state index in [1.165, 1.54) is 0 Å². The number of sulfonamides is 1. The van der Waals surface area contributed by atoms with Crippen molar-refractivity contribution in [3.8, 4) is 0 Å². The summed E-state index contributed by atoms with van der Waals surface area (Å²) in [6.07, 6.45) is 0.645. The number of benzene rings is 1. The first kappa shape index (κ1) is 16.9. The molecule has 5 nitrogen and oxygen atoms in total. The lowest BCUT2D eigenvalue weighted by molar-refractivity contribution is 0.146. The summed E-state index contributed by atoms with van der Waals surface area (Å²) in [5.41, 5.74) is 8.69. The Morgan fingerprint density at radius 2 is 1.90 bits per heavy atom. The number of anilines is 1. The summed E-state index contributed by atoms with van der Waals surface area (Å²) in [4.78, 5) is 0.289. The van der Waals surface area contributed by atoms with Crippen LogP contribution in [0.5, 0.6) is 0 Å². The van der Waals surface area contributed by atoms with E-state index in [0.717, 1.165) is 5.56 Å². The van der Waals surface area contributed by atoms with Gasteiger partial charge in [-0.25, -0.2) is 13.1 Å². The van der Waals surface area contributed by atoms with Crippen LogP contribution in [0.1, 0.15) is 30.0 Å². The van der Waals surface area contributed by atoms with Gasteiger partial charge in [0.25, 0.3) is 0 Å². The molecule has 0 atom stereocenters. The van der Waals surface area contributed by atoms with Crippen LogP contribution < -0.4 is 10.5 Å². The molecule has 0 amide bonds. The SMILES string of the molecule is CCOCCCNS(=O)(=O)c1c(C)cc(C)c(N)c1C. The van der Waals surface area contributed by atoms with Gasteiger partial charge in [0.1, 0.15) is 0 Å². The van der Waals surface area contributed by atoms with Crippen molar-refractivity contribution in [1.82, 2.24) is 4.72 Å². The van der Waals surface area contributed by atoms with E-state index in [1.807, 2.05) is 13.8 Å². The lowest BCUT2D eigenvalue weighted by Gasteiger charge is -2.15. The third-order valence-electron chi connectivity index (χ3n) is 3.19. The highest BCUT2D eigenvalue weighted by atomic mass is 32.2. The van der Waals surface area contributed by atoms with Crippen molar-refractivity contribution in [1.29, 1.82) is 0 Å². The van der Waals surface area contributed by atoms with Crippen LogP contribution in [-0.4, -0.2) is 28.2 Å². The highest BCUT2D eigenvalue weighted by Crippen LogP contribution is 2.27. The molecule has 0 radical (unpaired) electrons. The Balaban J connectivity index is 2.91. The summed E-state index contributed by atoms with van der Waals surface area (Å²) >= 11 is 0. The van der Waals surface area contributed by atoms with E-state index in [2.05, 4.69) is 4.72 Å². The molecule has 114 valence electrons. The molecule has 0 spiro atoms. The van der Waals surface area contributed by atoms with Crippen molar-refractivity contribution in [2.75, 3.05) is 25.5 Å². The summed E-state index contributed by atoms with van der Waals surface area (Å²) in [7, 11) is -3.53. The highest BCUT2D eigenvalue weighted by Gasteiger charge is 2.21. The minimum atomic E-state index is -3.53. The van der Waals surface area contributed by atoms with Gasteiger partial charge < -0.3 is 10.5 Å². The maximum absolute atomic E-state index is 12.4. The molecule has 0 unspecified atom stereocenters. The predicted molar refractivity (Wildman–Crippen MR) is 81.4 cm³/mol. The minimum absolute atomic E-state index is 0.289. The fraction of sp³-hybridized carbons (Fsp3) is 0.571. The smallest absolute Gasteiger partial charge is 0.241 e. The Morgan fingerprint density at radius 3 is 2.50 bits per heavy atom. The molecule has 6 heteroatoms. The summed E-state index contributed by atoms with van der Waals surface area (Å²) < 4.78 is 32.5. The Morgan fingerprint density at radius 1 is 1.25 bits per heavy atom. The molecule has 20 heavy (non-hydrogen) atoms. The van der Waals surface area contributed by atoms with Crippen molar-refractivity contribution in [3.63, 3.8) is 0 Å². The van der Waals surface area contributed by atoms with Gasteiger partial charge in [-0.05, 0) is 50.8 Å². The van der Waals surface area contributed by atoms with Crippen molar-refractivity contribution in [2.24, 2.45) is 0 Å². The first-order valence-electron chi connectivity index (χ1n) is 6.75. The molecular weight excluding hydrogens is 276 g/mol. The molecule has 1 aromatic rings. The van der Waals surface area contributed by atoms with Gasteiger partial charge in [-0.2, -0.15) is 0 Å². The molecule has 0 saturated carbocycles. The van der Waals surface area contributed by atoms with Crippen molar-refractivity contribution >= 4 is 15.7 Å². The van der Waals surface area contributed by atoms with E-state index in [-0.39, 0.29) is 4.90 Å². The maximum atomic E-state index is 12.4. The monoisotopic (exact) mass is 300 g/mol. The van der Waals surface area contributed by atoms with Crippen LogP contribution in [0, 0.1) is 20.8 Å². The summed E-state index contributed by atoms with van der Waals surface area (Å²) in [6.45, 7) is 8.85. The number of nitrogens with two attached hydrogens (primary N) is 1. The molecule has 0 fully saturated rings. The van der Waals surface area contributed by atoms with Crippen molar-refractivity contribution in [3.05, 3.63) is 22.8 Å². The second-order valence-corrected chi connectivity index (χ2v) is 6.53. The van der Waals surface area contributed by atoms with Crippen LogP contribution >= 0.6 is 0 Å². The van der Waals surface area contributed by atoms with Crippen LogP contribution in [-0.2, 0) is 14.8 Å². The second kappa shape index (κ2) is 7.06. The van der Waals surface area contributed by atoms with Crippen LogP contribution in [0.15, 0.2) is 11.0 Å². The standard InChI is InChI=1S/C14H24N2O3S/c1-5-19-8-6-7-16-20(17,18)14-11(3)9-10(2)13(15)12(14)4/h9,16H,5-8,15H2,1-4H3. The summed E-state index contributed by atoms with van der Waals surface area (Å²) in [5, 5.41) is 0. The average molecular weight is 300 g/mol. The Hall–Kier alpha value is -1.11. The number of hydrogen-bond acceptors (Lipinski definition) is 4. The number of nitrogens with one attached hydrogen (secondary N) is 1. The zero-order valence-electron chi connectivity index (χ0n) is 12.6. The van der Waals surface area contributed by atoms with Crippen LogP contribution in [0.2, 0.25) is 0 Å². The van der Waals surface area contributed by atoms with Gasteiger partial charge in [-0.1, -0.05) is 6.07 Å². The van der Waals surface area contributed by atoms with E-state index < -0.39 is 10.0 Å². The third-order valence-corrected chi connectivity index (χ3v) is 4.94. The molecule has 0 aliphatic heterocycles. The van der Waals surface area contributed by atoms with Gasteiger partial charge in [0.15, 0.2) is 0 Å². The number of aryl methyl sites for hydroxylation is 2. The second-order valence-electron chi connectivity index (χ2n) is 4.83. The highest BCUT2D eigenvalue weighted by molar-refractivity contribution is 7.89. The van der Waals surface area contributed by atoms with Gasteiger partial charge in [0.05, 0.1) is 4.90 Å². The fourth-order valence-electron chi connectivity index (χ4n) is 2.19. The number of ether oxygens (including phenoxy) is 1. The van der Waals surface area contributed by atoms with Crippen LogP contribution in [0.4, 0.5) is 5.69 Å². The van der Waals surface area contributed by atoms with Gasteiger partial charge in [-0.3, -0.25) is 0 Å². The molecule has 1 aromatic carbocycles. The number of rotatable bonds is 7. The first-order valence-corrected chi connectivity index (χ1v) is 8.23. The molecular formula is C14H24N2O3S. The zero-order chi connectivity index (χ0) is 15.3. The van der Waals surface area contributed by atoms with E-state index in [4.69, 9.17) is 10.5 Å². The van der Waals surface area contributed by atoms with Gasteiger partial charge >= 0.3 is 0 Å². The molecule has 3 N–H and O–H groups in total. The quantitative estimate of drug-likeness (QED) is 0.595. The number of hydrogen-bond donors (Lipinski definition) is 2. The maximum Gasteiger partial charge on any atom is 0.241 e. The molecule has 0 saturated heterocycles. The predicted octanol–water partition coefficient (Wildman–Crippen LogP) is 1.90. The van der Waals surface area contributed by atoms with E-state index >= 15 is 0 Å². The Kier molecular flexibility index (Phi) is 5.98. The molecule has 0 heterocycles. The van der Waals surface area contributed by atoms with Crippen molar-refractivity contribution < 1.29 is 13.2 Å².